The Bertz CT molecular complexity index is 241. The number of guanidine groups is 1. The Morgan fingerprint density at radius 3 is 2.54 bits per heavy atom. The number of aliphatic hydroxyl groups is 1. The molecule has 0 aliphatic carbocycles. The van der Waals surface area contributed by atoms with Gasteiger partial charge >= 0.3 is 0 Å². The van der Waals surface area contributed by atoms with Crippen molar-refractivity contribution < 1.29 is 5.11 Å². The molecule has 0 aromatic rings. The summed E-state index contributed by atoms with van der Waals surface area (Å²) in [6.45, 7) is 9.43. The zero-order chi connectivity index (χ0) is 9.84. The summed E-state index contributed by atoms with van der Waals surface area (Å²) in [5.74, 6) is 0.814. The van der Waals surface area contributed by atoms with Crippen molar-refractivity contribution in [2.24, 2.45) is 4.99 Å². The summed E-state index contributed by atoms with van der Waals surface area (Å²) in [4.78, 5) is 6.08. The molecule has 1 aliphatic rings. The molecule has 0 unspecified atom stereocenters. The van der Waals surface area contributed by atoms with E-state index in [1.807, 2.05) is 11.8 Å². The van der Waals surface area contributed by atoms with E-state index in [1.54, 1.807) is 6.54 Å². The zero-order valence-corrected chi connectivity index (χ0v) is 8.33. The van der Waals surface area contributed by atoms with Crippen LogP contribution in [0.15, 0.2) is 16.4 Å². The van der Waals surface area contributed by atoms with E-state index in [0.29, 0.717) is 5.96 Å². The lowest BCUT2D eigenvalue weighted by atomic mass is 10.3. The van der Waals surface area contributed by atoms with E-state index in [1.165, 1.54) is 0 Å². The molecule has 13 heavy (non-hydrogen) atoms. The second kappa shape index (κ2) is 4.16. The standard InChI is InChI=1S/C9H16N3O/c1-4-12(5-2)9-10-6-7(3)8(13)11-9/h6,13H,4-5H2,1-3H3,(H,10,11). The zero-order valence-electron chi connectivity index (χ0n) is 8.33. The van der Waals surface area contributed by atoms with Crippen molar-refractivity contribution in [3.8, 4) is 0 Å². The van der Waals surface area contributed by atoms with Crippen molar-refractivity contribution >= 4 is 5.96 Å². The average Bonchev–Trinajstić information content (AvgIpc) is 2.13. The molecule has 0 aromatic carbocycles. The molecule has 73 valence electrons. The first-order valence-electron chi connectivity index (χ1n) is 4.52. The molecule has 0 amide bonds. The van der Waals surface area contributed by atoms with Crippen LogP contribution in [0, 0.1) is 6.54 Å². The Balaban J connectivity index is 2.77. The third-order valence-electron chi connectivity index (χ3n) is 2.05. The van der Waals surface area contributed by atoms with Gasteiger partial charge in [0.25, 0.3) is 0 Å². The molecule has 0 aromatic heterocycles. The van der Waals surface area contributed by atoms with E-state index < -0.39 is 0 Å². The summed E-state index contributed by atoms with van der Waals surface area (Å²) in [5.41, 5.74) is 0.760. The van der Waals surface area contributed by atoms with Crippen molar-refractivity contribution in [2.45, 2.75) is 20.8 Å². The van der Waals surface area contributed by atoms with Crippen LogP contribution in [0.5, 0.6) is 0 Å². The van der Waals surface area contributed by atoms with Crippen LogP contribution in [0.3, 0.4) is 0 Å². The van der Waals surface area contributed by atoms with E-state index >= 15 is 0 Å². The first-order chi connectivity index (χ1) is 6.19. The third kappa shape index (κ3) is 2.14. The van der Waals surface area contributed by atoms with Crippen molar-refractivity contribution in [1.82, 2.24) is 10.2 Å². The Morgan fingerprint density at radius 1 is 1.46 bits per heavy atom. The monoisotopic (exact) mass is 182 g/mol. The molecule has 1 aliphatic heterocycles. The van der Waals surface area contributed by atoms with Crippen LogP contribution in [-0.4, -0.2) is 29.1 Å². The van der Waals surface area contributed by atoms with Gasteiger partial charge in [-0.3, -0.25) is 0 Å². The highest BCUT2D eigenvalue weighted by atomic mass is 16.3. The molecule has 4 heteroatoms. The van der Waals surface area contributed by atoms with Gasteiger partial charge in [0.2, 0.25) is 11.8 Å². The Kier molecular flexibility index (Phi) is 3.17. The predicted octanol–water partition coefficient (Wildman–Crippen LogP) is 1.24. The second-order valence-corrected chi connectivity index (χ2v) is 2.90. The van der Waals surface area contributed by atoms with Crippen molar-refractivity contribution in [2.75, 3.05) is 13.1 Å². The minimum Gasteiger partial charge on any atom is -0.493 e. The van der Waals surface area contributed by atoms with Crippen LogP contribution < -0.4 is 5.32 Å². The topological polar surface area (TPSA) is 47.9 Å². The van der Waals surface area contributed by atoms with Gasteiger partial charge < -0.3 is 15.3 Å². The van der Waals surface area contributed by atoms with Gasteiger partial charge in [-0.05, 0) is 20.8 Å². The number of hydrogen-bond acceptors (Lipinski definition) is 4. The van der Waals surface area contributed by atoms with Crippen LogP contribution in [0.4, 0.5) is 0 Å². The van der Waals surface area contributed by atoms with Crippen LogP contribution >= 0.6 is 0 Å². The SMILES string of the molecule is CCN(CC)C1=NC(O)=C(C)[CH]N1. The fraction of sp³-hybridized carbons (Fsp3) is 0.556. The number of hydrogen-bond donors (Lipinski definition) is 2. The largest absolute Gasteiger partial charge is 0.493 e. The van der Waals surface area contributed by atoms with Crippen molar-refractivity contribution in [3.63, 3.8) is 0 Å². The fourth-order valence-electron chi connectivity index (χ4n) is 1.14. The van der Waals surface area contributed by atoms with Crippen molar-refractivity contribution in [1.29, 1.82) is 0 Å². The van der Waals surface area contributed by atoms with Crippen LogP contribution in [0.2, 0.25) is 0 Å². The third-order valence-corrected chi connectivity index (χ3v) is 2.05. The number of nitrogens with one attached hydrogen (secondary N) is 1. The van der Waals surface area contributed by atoms with Gasteiger partial charge in [0.05, 0.1) is 6.54 Å². The number of rotatable bonds is 2. The van der Waals surface area contributed by atoms with Gasteiger partial charge in [-0.25, -0.2) is 0 Å². The number of nitrogens with zero attached hydrogens (tertiary/aromatic N) is 2. The average molecular weight is 182 g/mol. The molecule has 1 radical (unpaired) electrons. The number of aliphatic imine (C=N–C) groups is 1. The first-order valence-corrected chi connectivity index (χ1v) is 4.52. The van der Waals surface area contributed by atoms with E-state index in [0.717, 1.165) is 18.7 Å². The molecule has 1 rings (SSSR count). The summed E-state index contributed by atoms with van der Waals surface area (Å²) in [7, 11) is 0. The molecular formula is C9H16N3O. The molecule has 4 nitrogen and oxygen atoms in total. The highest BCUT2D eigenvalue weighted by Gasteiger charge is 2.14. The minimum absolute atomic E-state index is 0.0978. The Hall–Kier alpha value is -1.19. The van der Waals surface area contributed by atoms with Gasteiger partial charge in [-0.1, -0.05) is 0 Å². The highest BCUT2D eigenvalue weighted by molar-refractivity contribution is 5.83. The molecule has 0 atom stereocenters. The van der Waals surface area contributed by atoms with Gasteiger partial charge in [0.1, 0.15) is 0 Å². The van der Waals surface area contributed by atoms with Crippen molar-refractivity contribution in [3.05, 3.63) is 18.0 Å². The molecule has 0 spiro atoms. The van der Waals surface area contributed by atoms with E-state index in [-0.39, 0.29) is 5.88 Å². The van der Waals surface area contributed by atoms with Gasteiger partial charge in [-0.15, -0.1) is 0 Å². The second-order valence-electron chi connectivity index (χ2n) is 2.90. The molecule has 0 bridgehead atoms. The maximum Gasteiger partial charge on any atom is 0.215 e. The number of aliphatic hydroxyl groups excluding tert-OH is 1. The maximum absolute atomic E-state index is 9.38. The lowest BCUT2D eigenvalue weighted by molar-refractivity contribution is 0.383. The van der Waals surface area contributed by atoms with E-state index in [9.17, 15) is 5.11 Å². The lowest BCUT2D eigenvalue weighted by Gasteiger charge is -2.25. The molecule has 2 N–H and O–H groups in total. The molecule has 1 heterocycles. The van der Waals surface area contributed by atoms with Crippen LogP contribution in [-0.2, 0) is 0 Å². The van der Waals surface area contributed by atoms with Crippen LogP contribution in [0.25, 0.3) is 0 Å². The quantitative estimate of drug-likeness (QED) is 0.675. The van der Waals surface area contributed by atoms with Crippen LogP contribution in [0.1, 0.15) is 20.8 Å². The summed E-state index contributed by atoms with van der Waals surface area (Å²) >= 11 is 0. The lowest BCUT2D eigenvalue weighted by Crippen LogP contribution is -2.41. The molecule has 0 fully saturated rings. The molecular weight excluding hydrogens is 166 g/mol. The summed E-state index contributed by atoms with van der Waals surface area (Å²) in [6.07, 6.45) is 0. The minimum atomic E-state index is 0.0978. The normalized spacial score (nSPS) is 16.7. The van der Waals surface area contributed by atoms with E-state index in [4.69, 9.17) is 0 Å². The smallest absolute Gasteiger partial charge is 0.215 e. The first kappa shape index (κ1) is 9.89. The molecule has 0 saturated carbocycles. The summed E-state index contributed by atoms with van der Waals surface area (Å²) in [6, 6.07) is 0. The van der Waals surface area contributed by atoms with Gasteiger partial charge in [0, 0.05) is 18.7 Å². The maximum atomic E-state index is 9.38. The molecule has 0 saturated heterocycles. The summed E-state index contributed by atoms with van der Waals surface area (Å²) in [5, 5.41) is 12.4. The Labute approximate surface area is 79.0 Å². The Morgan fingerprint density at radius 2 is 2.08 bits per heavy atom. The summed E-state index contributed by atoms with van der Waals surface area (Å²) < 4.78 is 0. The highest BCUT2D eigenvalue weighted by Crippen LogP contribution is 2.10. The fourth-order valence-corrected chi connectivity index (χ4v) is 1.14. The van der Waals surface area contributed by atoms with E-state index in [2.05, 4.69) is 24.2 Å². The van der Waals surface area contributed by atoms with Gasteiger partial charge in [0.15, 0.2) is 0 Å². The van der Waals surface area contributed by atoms with Gasteiger partial charge in [-0.2, -0.15) is 4.99 Å². The predicted molar refractivity (Wildman–Crippen MR) is 53.1 cm³/mol.